The summed E-state index contributed by atoms with van der Waals surface area (Å²) in [6, 6.07) is 8.88. The van der Waals surface area contributed by atoms with E-state index >= 15 is 0 Å². The zero-order valence-electron chi connectivity index (χ0n) is 13.5. The van der Waals surface area contributed by atoms with E-state index in [0.717, 1.165) is 49.4 Å². The molecule has 1 aliphatic heterocycles. The lowest BCUT2D eigenvalue weighted by molar-refractivity contribution is -0.114. The van der Waals surface area contributed by atoms with Crippen LogP contribution >= 0.6 is 11.6 Å². The molecule has 2 aromatic rings. The number of para-hydroxylation sites is 1. The van der Waals surface area contributed by atoms with Crippen LogP contribution in [-0.2, 0) is 4.79 Å². The summed E-state index contributed by atoms with van der Waals surface area (Å²) < 4.78 is 27.2. The molecule has 0 aliphatic carbocycles. The summed E-state index contributed by atoms with van der Waals surface area (Å²) >= 11 is 6.05. The second-order valence-corrected chi connectivity index (χ2v) is 6.29. The minimum absolute atomic E-state index is 0.130. The Morgan fingerprint density at radius 2 is 1.80 bits per heavy atom. The second-order valence-electron chi connectivity index (χ2n) is 5.85. The first kappa shape index (κ1) is 17.5. The highest BCUT2D eigenvalue weighted by molar-refractivity contribution is 6.31. The van der Waals surface area contributed by atoms with Gasteiger partial charge in [0.25, 0.3) is 0 Å². The number of nitrogens with one attached hydrogen (secondary N) is 2. The van der Waals surface area contributed by atoms with Gasteiger partial charge in [-0.05, 0) is 43.2 Å². The van der Waals surface area contributed by atoms with Crippen LogP contribution in [0.25, 0.3) is 0 Å². The van der Waals surface area contributed by atoms with Crippen molar-refractivity contribution in [3.8, 4) is 0 Å². The van der Waals surface area contributed by atoms with E-state index in [1.54, 1.807) is 12.1 Å². The van der Waals surface area contributed by atoms with Crippen molar-refractivity contribution >= 4 is 34.6 Å². The zero-order chi connectivity index (χ0) is 17.8. The van der Waals surface area contributed by atoms with Gasteiger partial charge in [0.2, 0.25) is 5.91 Å². The molecular formula is C18H18ClF2N3O. The van der Waals surface area contributed by atoms with Crippen LogP contribution in [0, 0.1) is 11.6 Å². The molecule has 2 N–H and O–H groups in total. The Balaban J connectivity index is 1.69. The van der Waals surface area contributed by atoms with Crippen molar-refractivity contribution in [1.82, 2.24) is 0 Å². The highest BCUT2D eigenvalue weighted by Crippen LogP contribution is 2.31. The smallest absolute Gasteiger partial charge is 0.243 e. The summed E-state index contributed by atoms with van der Waals surface area (Å²) in [6.07, 6.45) is 2.24. The number of hydrogen-bond donors (Lipinski definition) is 2. The Hall–Kier alpha value is -2.34. The van der Waals surface area contributed by atoms with Gasteiger partial charge in [-0.25, -0.2) is 8.78 Å². The van der Waals surface area contributed by atoms with E-state index in [1.807, 2.05) is 6.07 Å². The molecule has 0 aromatic heterocycles. The molecule has 1 heterocycles. The molecule has 0 atom stereocenters. The van der Waals surface area contributed by atoms with E-state index in [1.165, 1.54) is 6.07 Å². The van der Waals surface area contributed by atoms with Crippen molar-refractivity contribution in [2.75, 3.05) is 35.2 Å². The SMILES string of the molecule is O=C(CNc1cc(Cl)ccc1N1CCCC1)Nc1c(F)cccc1F. The van der Waals surface area contributed by atoms with Crippen LogP contribution in [0.1, 0.15) is 12.8 Å². The lowest BCUT2D eigenvalue weighted by Crippen LogP contribution is -2.25. The first-order chi connectivity index (χ1) is 12.0. The third kappa shape index (κ3) is 4.20. The van der Waals surface area contributed by atoms with Gasteiger partial charge in [-0.15, -0.1) is 0 Å². The van der Waals surface area contributed by atoms with Gasteiger partial charge in [-0.1, -0.05) is 17.7 Å². The molecule has 0 saturated carbocycles. The Kier molecular flexibility index (Phi) is 5.38. The normalized spacial score (nSPS) is 13.8. The summed E-state index contributed by atoms with van der Waals surface area (Å²) in [4.78, 5) is 14.3. The third-order valence-corrected chi connectivity index (χ3v) is 4.31. The van der Waals surface area contributed by atoms with Crippen molar-refractivity contribution in [3.63, 3.8) is 0 Å². The van der Waals surface area contributed by atoms with E-state index in [-0.39, 0.29) is 6.54 Å². The second kappa shape index (κ2) is 7.70. The molecular weight excluding hydrogens is 348 g/mol. The minimum Gasteiger partial charge on any atom is -0.374 e. The van der Waals surface area contributed by atoms with Crippen LogP contribution in [0.4, 0.5) is 25.8 Å². The van der Waals surface area contributed by atoms with E-state index in [9.17, 15) is 13.6 Å². The maximum absolute atomic E-state index is 13.6. The minimum atomic E-state index is -0.811. The average molecular weight is 366 g/mol. The largest absolute Gasteiger partial charge is 0.374 e. The number of nitrogens with zero attached hydrogens (tertiary/aromatic N) is 1. The number of carbonyl (C=O) groups excluding carboxylic acids is 1. The van der Waals surface area contributed by atoms with E-state index in [4.69, 9.17) is 11.6 Å². The monoisotopic (exact) mass is 365 g/mol. The zero-order valence-corrected chi connectivity index (χ0v) is 14.2. The molecule has 2 aromatic carbocycles. The molecule has 25 heavy (non-hydrogen) atoms. The predicted octanol–water partition coefficient (Wildman–Crippen LogP) is 4.27. The quantitative estimate of drug-likeness (QED) is 0.831. The first-order valence-corrected chi connectivity index (χ1v) is 8.44. The van der Waals surface area contributed by atoms with Crippen LogP contribution < -0.4 is 15.5 Å². The fourth-order valence-electron chi connectivity index (χ4n) is 2.86. The van der Waals surface area contributed by atoms with E-state index in [2.05, 4.69) is 15.5 Å². The van der Waals surface area contributed by atoms with Crippen molar-refractivity contribution < 1.29 is 13.6 Å². The van der Waals surface area contributed by atoms with Crippen LogP contribution in [0.2, 0.25) is 5.02 Å². The average Bonchev–Trinajstić information content (AvgIpc) is 3.11. The topological polar surface area (TPSA) is 44.4 Å². The molecule has 0 bridgehead atoms. The number of anilines is 3. The van der Waals surface area contributed by atoms with Gasteiger partial charge in [0.05, 0.1) is 17.9 Å². The Morgan fingerprint density at radius 3 is 2.48 bits per heavy atom. The number of rotatable bonds is 5. The van der Waals surface area contributed by atoms with Gasteiger partial charge >= 0.3 is 0 Å². The molecule has 132 valence electrons. The molecule has 4 nitrogen and oxygen atoms in total. The number of carbonyl (C=O) groups is 1. The number of benzene rings is 2. The lowest BCUT2D eigenvalue weighted by atomic mass is 10.2. The molecule has 1 amide bonds. The molecule has 3 rings (SSSR count). The fourth-order valence-corrected chi connectivity index (χ4v) is 3.03. The number of amides is 1. The highest BCUT2D eigenvalue weighted by atomic mass is 35.5. The highest BCUT2D eigenvalue weighted by Gasteiger charge is 2.17. The van der Waals surface area contributed by atoms with E-state index < -0.39 is 23.2 Å². The summed E-state index contributed by atoms with van der Waals surface area (Å²) in [5.74, 6) is -2.17. The van der Waals surface area contributed by atoms with Gasteiger partial charge in [-0.3, -0.25) is 4.79 Å². The maximum Gasteiger partial charge on any atom is 0.243 e. The lowest BCUT2D eigenvalue weighted by Gasteiger charge is -2.22. The molecule has 1 aliphatic rings. The predicted molar refractivity (Wildman–Crippen MR) is 96.4 cm³/mol. The Morgan fingerprint density at radius 1 is 1.12 bits per heavy atom. The van der Waals surface area contributed by atoms with Crippen LogP contribution in [0.5, 0.6) is 0 Å². The van der Waals surface area contributed by atoms with Crippen LogP contribution in [0.3, 0.4) is 0 Å². The summed E-state index contributed by atoms with van der Waals surface area (Å²) in [5, 5.41) is 5.81. The summed E-state index contributed by atoms with van der Waals surface area (Å²) in [5.41, 5.74) is 1.24. The Labute approximate surface area is 149 Å². The van der Waals surface area contributed by atoms with Gasteiger partial charge in [0.15, 0.2) is 0 Å². The van der Waals surface area contributed by atoms with Crippen molar-refractivity contribution in [2.45, 2.75) is 12.8 Å². The van der Waals surface area contributed by atoms with Crippen molar-refractivity contribution in [3.05, 3.63) is 53.1 Å². The fraction of sp³-hybridized carbons (Fsp3) is 0.278. The van der Waals surface area contributed by atoms with Crippen molar-refractivity contribution in [1.29, 1.82) is 0 Å². The first-order valence-electron chi connectivity index (χ1n) is 8.07. The van der Waals surface area contributed by atoms with Crippen molar-refractivity contribution in [2.24, 2.45) is 0 Å². The summed E-state index contributed by atoms with van der Waals surface area (Å²) in [6.45, 7) is 1.76. The van der Waals surface area contributed by atoms with Crippen LogP contribution in [-0.4, -0.2) is 25.5 Å². The molecule has 1 saturated heterocycles. The summed E-state index contributed by atoms with van der Waals surface area (Å²) in [7, 11) is 0. The molecule has 7 heteroatoms. The Bertz CT molecular complexity index is 759. The molecule has 1 fully saturated rings. The molecule has 0 radical (unpaired) electrons. The van der Waals surface area contributed by atoms with Crippen LogP contribution in [0.15, 0.2) is 36.4 Å². The van der Waals surface area contributed by atoms with Gasteiger partial charge in [0.1, 0.15) is 17.3 Å². The van der Waals surface area contributed by atoms with E-state index in [0.29, 0.717) is 5.02 Å². The van der Waals surface area contributed by atoms with Gasteiger partial charge in [0, 0.05) is 18.1 Å². The number of halogens is 3. The molecule has 0 unspecified atom stereocenters. The number of hydrogen-bond acceptors (Lipinski definition) is 3. The maximum atomic E-state index is 13.6. The van der Waals surface area contributed by atoms with Gasteiger partial charge in [-0.2, -0.15) is 0 Å². The third-order valence-electron chi connectivity index (χ3n) is 4.07. The van der Waals surface area contributed by atoms with Gasteiger partial charge < -0.3 is 15.5 Å². The molecule has 0 spiro atoms. The standard InChI is InChI=1S/C18H18ClF2N3O/c19-12-6-7-16(24-8-1-2-9-24)15(10-12)22-11-17(25)23-18-13(20)4-3-5-14(18)21/h3-7,10,22H,1-2,8-9,11H2,(H,23,25).